The molecule has 0 fully saturated rings. The van der Waals surface area contributed by atoms with Gasteiger partial charge in [-0.2, -0.15) is 0 Å². The first-order valence-corrected chi connectivity index (χ1v) is 5.65. The van der Waals surface area contributed by atoms with Gasteiger partial charge in [-0.3, -0.25) is 4.79 Å². The van der Waals surface area contributed by atoms with Gasteiger partial charge in [0, 0.05) is 17.5 Å². The van der Waals surface area contributed by atoms with Crippen LogP contribution in [0.4, 0.5) is 0 Å². The Morgan fingerprint density at radius 1 is 1.44 bits per heavy atom. The van der Waals surface area contributed by atoms with Crippen molar-refractivity contribution in [3.63, 3.8) is 0 Å². The third kappa shape index (κ3) is 2.38. The molecule has 2 aromatic rings. The number of phenolic OH excluding ortho intramolecular Hbond substituents is 1. The number of aromatic nitrogens is 1. The summed E-state index contributed by atoms with van der Waals surface area (Å²) in [5.41, 5.74) is 2.70. The Labute approximate surface area is 96.6 Å². The molecule has 0 atom stereocenters. The van der Waals surface area contributed by atoms with Gasteiger partial charge in [-0.15, -0.1) is 11.3 Å². The predicted octanol–water partition coefficient (Wildman–Crippen LogP) is 1.78. The lowest BCUT2D eigenvalue weighted by molar-refractivity contribution is 0.0946. The van der Waals surface area contributed by atoms with Crippen molar-refractivity contribution in [1.82, 2.24) is 10.3 Å². The van der Waals surface area contributed by atoms with Gasteiger partial charge < -0.3 is 10.4 Å². The second kappa shape index (κ2) is 4.76. The largest absolute Gasteiger partial charge is 0.508 e. The van der Waals surface area contributed by atoms with Crippen LogP contribution in [0.2, 0.25) is 0 Å². The van der Waals surface area contributed by atoms with E-state index >= 15 is 0 Å². The molecule has 0 saturated carbocycles. The lowest BCUT2D eigenvalue weighted by Crippen LogP contribution is -2.22. The molecule has 4 nitrogen and oxygen atoms in total. The van der Waals surface area contributed by atoms with Crippen LogP contribution in [0, 0.1) is 0 Å². The molecule has 5 heteroatoms. The zero-order valence-electron chi connectivity index (χ0n) is 8.38. The number of nitrogens with zero attached hydrogens (tertiary/aromatic N) is 1. The Morgan fingerprint density at radius 3 is 2.94 bits per heavy atom. The van der Waals surface area contributed by atoms with Crippen LogP contribution in [0.25, 0.3) is 0 Å². The summed E-state index contributed by atoms with van der Waals surface area (Å²) < 4.78 is 0. The van der Waals surface area contributed by atoms with Crippen molar-refractivity contribution in [2.24, 2.45) is 0 Å². The molecule has 16 heavy (non-hydrogen) atoms. The molecule has 2 rings (SSSR count). The summed E-state index contributed by atoms with van der Waals surface area (Å²) in [5, 5.41) is 13.9. The number of aromatic hydroxyl groups is 1. The molecule has 1 heterocycles. The van der Waals surface area contributed by atoms with Crippen molar-refractivity contribution in [3.8, 4) is 5.75 Å². The van der Waals surface area contributed by atoms with E-state index in [9.17, 15) is 9.90 Å². The number of para-hydroxylation sites is 1. The van der Waals surface area contributed by atoms with Crippen LogP contribution in [0.1, 0.15) is 16.1 Å². The minimum absolute atomic E-state index is 0.182. The van der Waals surface area contributed by atoms with Crippen LogP contribution in [-0.2, 0) is 6.54 Å². The third-order valence-corrected chi connectivity index (χ3v) is 2.68. The highest BCUT2D eigenvalue weighted by molar-refractivity contribution is 7.07. The number of hydrogen-bond donors (Lipinski definition) is 2. The Kier molecular flexibility index (Phi) is 3.16. The Hall–Kier alpha value is -1.88. The number of rotatable bonds is 3. The average molecular weight is 234 g/mol. The molecule has 1 aromatic carbocycles. The fraction of sp³-hybridized carbons (Fsp3) is 0.0909. The Balaban J connectivity index is 1.98. The highest BCUT2D eigenvalue weighted by atomic mass is 32.1. The van der Waals surface area contributed by atoms with E-state index in [1.165, 1.54) is 11.3 Å². The topological polar surface area (TPSA) is 62.2 Å². The average Bonchev–Trinajstić information content (AvgIpc) is 2.81. The van der Waals surface area contributed by atoms with Crippen LogP contribution in [-0.4, -0.2) is 16.0 Å². The van der Waals surface area contributed by atoms with Crippen molar-refractivity contribution in [3.05, 3.63) is 46.4 Å². The van der Waals surface area contributed by atoms with Crippen molar-refractivity contribution in [1.29, 1.82) is 0 Å². The van der Waals surface area contributed by atoms with E-state index in [-0.39, 0.29) is 11.7 Å². The van der Waals surface area contributed by atoms with Gasteiger partial charge >= 0.3 is 0 Å². The second-order valence-electron chi connectivity index (χ2n) is 3.19. The van der Waals surface area contributed by atoms with Crippen LogP contribution >= 0.6 is 11.3 Å². The van der Waals surface area contributed by atoms with E-state index in [0.717, 1.165) is 0 Å². The quantitative estimate of drug-likeness (QED) is 0.851. The first-order chi connectivity index (χ1) is 7.77. The number of nitrogens with one attached hydrogen (secondary N) is 1. The van der Waals surface area contributed by atoms with E-state index in [1.54, 1.807) is 29.1 Å². The minimum atomic E-state index is -0.232. The highest BCUT2D eigenvalue weighted by Crippen LogP contribution is 2.15. The van der Waals surface area contributed by atoms with Crippen LogP contribution in [0.5, 0.6) is 5.75 Å². The third-order valence-electron chi connectivity index (χ3n) is 2.10. The molecule has 2 N–H and O–H groups in total. The summed E-state index contributed by atoms with van der Waals surface area (Å²) in [5.74, 6) is -0.0504. The molecule has 1 aromatic heterocycles. The van der Waals surface area contributed by atoms with Crippen molar-refractivity contribution in [2.45, 2.75) is 6.54 Å². The summed E-state index contributed by atoms with van der Waals surface area (Å²) in [4.78, 5) is 15.4. The van der Waals surface area contributed by atoms with Gasteiger partial charge in [0.1, 0.15) is 11.4 Å². The summed E-state index contributed by atoms with van der Waals surface area (Å²) in [6, 6.07) is 6.89. The van der Waals surface area contributed by atoms with Crippen LogP contribution < -0.4 is 5.32 Å². The summed E-state index contributed by atoms with van der Waals surface area (Å²) >= 11 is 1.37. The Morgan fingerprint density at radius 2 is 2.25 bits per heavy atom. The zero-order valence-corrected chi connectivity index (χ0v) is 9.20. The molecular weight excluding hydrogens is 224 g/mol. The standard InChI is InChI=1S/C11H10N2O2S/c14-10-4-2-1-3-8(10)5-12-11(15)9-6-16-7-13-9/h1-4,6-7,14H,5H2,(H,12,15). The molecule has 0 radical (unpaired) electrons. The molecule has 0 spiro atoms. The van der Waals surface area contributed by atoms with Crippen LogP contribution in [0.3, 0.4) is 0 Å². The van der Waals surface area contributed by atoms with Gasteiger partial charge in [0.2, 0.25) is 0 Å². The van der Waals surface area contributed by atoms with E-state index in [2.05, 4.69) is 10.3 Å². The number of thiazole rings is 1. The van der Waals surface area contributed by atoms with Gasteiger partial charge in [0.05, 0.1) is 5.51 Å². The minimum Gasteiger partial charge on any atom is -0.508 e. The summed E-state index contributed by atoms with van der Waals surface area (Å²) in [6.07, 6.45) is 0. The number of benzene rings is 1. The normalized spacial score (nSPS) is 10.0. The fourth-order valence-electron chi connectivity index (χ4n) is 1.25. The molecular formula is C11H10N2O2S. The smallest absolute Gasteiger partial charge is 0.271 e. The lowest BCUT2D eigenvalue weighted by atomic mass is 10.2. The number of phenols is 1. The van der Waals surface area contributed by atoms with Gasteiger partial charge in [-0.25, -0.2) is 4.98 Å². The van der Waals surface area contributed by atoms with E-state index in [4.69, 9.17) is 0 Å². The summed E-state index contributed by atoms with van der Waals surface area (Å²) in [7, 11) is 0. The SMILES string of the molecule is O=C(NCc1ccccc1O)c1cscn1. The maximum Gasteiger partial charge on any atom is 0.271 e. The molecule has 0 aliphatic rings. The number of carbonyl (C=O) groups excluding carboxylic acids is 1. The van der Waals surface area contributed by atoms with E-state index in [1.807, 2.05) is 6.07 Å². The van der Waals surface area contributed by atoms with Gasteiger partial charge in [-0.1, -0.05) is 18.2 Å². The Bertz CT molecular complexity index is 482. The fourth-order valence-corrected chi connectivity index (χ4v) is 1.78. The highest BCUT2D eigenvalue weighted by Gasteiger charge is 2.07. The van der Waals surface area contributed by atoms with Crippen LogP contribution in [0.15, 0.2) is 35.2 Å². The first kappa shape index (κ1) is 10.6. The maximum atomic E-state index is 11.5. The molecule has 0 aliphatic carbocycles. The maximum absolute atomic E-state index is 11.5. The van der Waals surface area contributed by atoms with E-state index in [0.29, 0.717) is 17.8 Å². The molecule has 0 aliphatic heterocycles. The van der Waals surface area contributed by atoms with Gasteiger partial charge in [-0.05, 0) is 6.07 Å². The molecule has 1 amide bonds. The van der Waals surface area contributed by atoms with Crippen molar-refractivity contribution >= 4 is 17.2 Å². The number of amides is 1. The molecule has 0 bridgehead atoms. The summed E-state index contributed by atoms with van der Waals surface area (Å²) in [6.45, 7) is 0.295. The predicted molar refractivity (Wildman–Crippen MR) is 61.4 cm³/mol. The van der Waals surface area contributed by atoms with Gasteiger partial charge in [0.15, 0.2) is 0 Å². The second-order valence-corrected chi connectivity index (χ2v) is 3.90. The molecule has 0 unspecified atom stereocenters. The first-order valence-electron chi connectivity index (χ1n) is 4.70. The zero-order chi connectivity index (χ0) is 11.4. The van der Waals surface area contributed by atoms with Crippen molar-refractivity contribution in [2.75, 3.05) is 0 Å². The van der Waals surface area contributed by atoms with Crippen molar-refractivity contribution < 1.29 is 9.90 Å². The number of hydrogen-bond acceptors (Lipinski definition) is 4. The molecule has 82 valence electrons. The lowest BCUT2D eigenvalue weighted by Gasteiger charge is -2.05. The monoisotopic (exact) mass is 234 g/mol. The number of carbonyl (C=O) groups is 1. The van der Waals surface area contributed by atoms with Gasteiger partial charge in [0.25, 0.3) is 5.91 Å². The van der Waals surface area contributed by atoms with E-state index < -0.39 is 0 Å². The molecule has 0 saturated heterocycles.